The van der Waals surface area contributed by atoms with Crippen LogP contribution in [0.15, 0.2) is 30.3 Å². The third-order valence-corrected chi connectivity index (χ3v) is 6.15. The number of fused-ring (bicyclic) bond motifs is 6. The first-order chi connectivity index (χ1) is 13.7. The lowest BCUT2D eigenvalue weighted by atomic mass is 9.85. The van der Waals surface area contributed by atoms with Crippen LogP contribution in [0.4, 0.5) is 0 Å². The van der Waals surface area contributed by atoms with E-state index in [1.807, 2.05) is 13.0 Å². The summed E-state index contributed by atoms with van der Waals surface area (Å²) in [4.78, 5) is 6.22. The zero-order valence-electron chi connectivity index (χ0n) is 16.7. The molecule has 0 saturated carbocycles. The Kier molecular flexibility index (Phi) is 4.20. The number of nitrogens with zero attached hydrogens (tertiary/aromatic N) is 1. The second kappa shape index (κ2) is 6.74. The van der Waals surface area contributed by atoms with E-state index in [0.29, 0.717) is 12.6 Å². The van der Waals surface area contributed by atoms with Crippen LogP contribution in [0.3, 0.4) is 0 Å². The van der Waals surface area contributed by atoms with E-state index in [1.165, 1.54) is 33.3 Å². The molecule has 0 aliphatic carbocycles. The van der Waals surface area contributed by atoms with Crippen LogP contribution in [-0.4, -0.2) is 37.3 Å². The van der Waals surface area contributed by atoms with E-state index in [1.54, 1.807) is 14.2 Å². The molecule has 0 fully saturated rings. The number of aromatic nitrogens is 1. The van der Waals surface area contributed by atoms with Crippen LogP contribution >= 0.6 is 0 Å². The molecule has 0 saturated heterocycles. The topological polar surface area (TPSA) is 46.7 Å². The van der Waals surface area contributed by atoms with E-state index < -0.39 is 0 Å². The van der Waals surface area contributed by atoms with Crippen molar-refractivity contribution in [2.24, 2.45) is 0 Å². The number of nitrogens with one attached hydrogen (secondary N) is 1. The molecule has 5 heteroatoms. The van der Waals surface area contributed by atoms with Crippen molar-refractivity contribution in [3.05, 3.63) is 52.7 Å². The summed E-state index contributed by atoms with van der Waals surface area (Å²) in [5.74, 6) is 2.59. The third kappa shape index (κ3) is 2.65. The van der Waals surface area contributed by atoms with Gasteiger partial charge in [0, 0.05) is 35.7 Å². The summed E-state index contributed by atoms with van der Waals surface area (Å²) in [6.07, 6.45) is 2.03. The lowest BCUT2D eigenvalue weighted by molar-refractivity contribution is 0.159. The summed E-state index contributed by atoms with van der Waals surface area (Å²) in [6.45, 7) is 4.66. The van der Waals surface area contributed by atoms with Gasteiger partial charge in [0.05, 0.1) is 20.8 Å². The largest absolute Gasteiger partial charge is 0.497 e. The highest BCUT2D eigenvalue weighted by molar-refractivity contribution is 5.86. The van der Waals surface area contributed by atoms with Crippen LogP contribution in [0, 0.1) is 0 Å². The molecule has 2 aliphatic heterocycles. The minimum Gasteiger partial charge on any atom is -0.497 e. The molecule has 1 unspecified atom stereocenters. The molecule has 0 spiro atoms. The fraction of sp³-hybridized carbons (Fsp3) is 0.391. The van der Waals surface area contributed by atoms with Gasteiger partial charge in [0.15, 0.2) is 11.5 Å². The Morgan fingerprint density at radius 3 is 2.79 bits per heavy atom. The minimum absolute atomic E-state index is 0.367. The van der Waals surface area contributed by atoms with Gasteiger partial charge in [-0.3, -0.25) is 4.90 Å². The highest BCUT2D eigenvalue weighted by Crippen LogP contribution is 2.44. The van der Waals surface area contributed by atoms with Crippen molar-refractivity contribution in [1.29, 1.82) is 0 Å². The zero-order chi connectivity index (χ0) is 19.3. The van der Waals surface area contributed by atoms with Gasteiger partial charge in [-0.05, 0) is 66.8 Å². The molecule has 0 radical (unpaired) electrons. The predicted octanol–water partition coefficient (Wildman–Crippen LogP) is 4.24. The molecule has 146 valence electrons. The van der Waals surface area contributed by atoms with Crippen LogP contribution in [0.1, 0.15) is 35.3 Å². The Morgan fingerprint density at radius 1 is 1.11 bits per heavy atom. The molecular formula is C23H26N2O3. The zero-order valence-corrected chi connectivity index (χ0v) is 16.7. The Bertz CT molecular complexity index is 1040. The minimum atomic E-state index is 0.367. The first-order valence-electron chi connectivity index (χ1n) is 9.97. The van der Waals surface area contributed by atoms with Crippen molar-refractivity contribution in [2.75, 3.05) is 27.4 Å². The van der Waals surface area contributed by atoms with Gasteiger partial charge in [-0.2, -0.15) is 0 Å². The average molecular weight is 378 g/mol. The third-order valence-electron chi connectivity index (χ3n) is 6.15. The van der Waals surface area contributed by atoms with Gasteiger partial charge in [-0.25, -0.2) is 0 Å². The number of hydrogen-bond donors (Lipinski definition) is 1. The van der Waals surface area contributed by atoms with Gasteiger partial charge in [0.25, 0.3) is 0 Å². The lowest BCUT2D eigenvalue weighted by Gasteiger charge is -2.40. The number of ether oxygens (including phenoxy) is 3. The molecule has 5 rings (SSSR count). The fourth-order valence-corrected chi connectivity index (χ4v) is 4.79. The SMILES string of the molecule is CCOc1cc2c(cc1OC)CCN1Cc3[nH]c4ccc(OC)cc4c3CC21. The second-order valence-electron chi connectivity index (χ2n) is 7.57. The van der Waals surface area contributed by atoms with Crippen molar-refractivity contribution in [2.45, 2.75) is 32.4 Å². The Hall–Kier alpha value is -2.66. The Balaban J connectivity index is 1.59. The maximum Gasteiger partial charge on any atom is 0.161 e. The van der Waals surface area contributed by atoms with Crippen LogP contribution in [0.5, 0.6) is 17.2 Å². The fourth-order valence-electron chi connectivity index (χ4n) is 4.79. The van der Waals surface area contributed by atoms with Gasteiger partial charge in [-0.15, -0.1) is 0 Å². The van der Waals surface area contributed by atoms with E-state index in [2.05, 4.69) is 34.1 Å². The molecule has 0 amide bonds. The first-order valence-corrected chi connectivity index (χ1v) is 9.97. The number of hydrogen-bond acceptors (Lipinski definition) is 4. The molecular weight excluding hydrogens is 352 g/mol. The normalized spacial score (nSPS) is 18.3. The summed E-state index contributed by atoms with van der Waals surface area (Å²) in [5.41, 5.74) is 6.69. The average Bonchev–Trinajstić information content (AvgIpc) is 3.08. The van der Waals surface area contributed by atoms with Crippen molar-refractivity contribution < 1.29 is 14.2 Å². The van der Waals surface area contributed by atoms with Crippen molar-refractivity contribution >= 4 is 10.9 Å². The van der Waals surface area contributed by atoms with Crippen LogP contribution in [0.2, 0.25) is 0 Å². The summed E-state index contributed by atoms with van der Waals surface area (Å²) in [5, 5.41) is 1.28. The second-order valence-corrected chi connectivity index (χ2v) is 7.57. The van der Waals surface area contributed by atoms with Gasteiger partial charge in [-0.1, -0.05) is 0 Å². The van der Waals surface area contributed by atoms with Gasteiger partial charge in [0.2, 0.25) is 0 Å². The number of rotatable bonds is 4. The van der Waals surface area contributed by atoms with Crippen molar-refractivity contribution in [3.63, 3.8) is 0 Å². The maximum atomic E-state index is 5.86. The smallest absolute Gasteiger partial charge is 0.161 e. The summed E-state index contributed by atoms with van der Waals surface area (Å²) in [7, 11) is 3.44. The van der Waals surface area contributed by atoms with Crippen LogP contribution < -0.4 is 14.2 Å². The quantitative estimate of drug-likeness (QED) is 0.738. The molecule has 28 heavy (non-hydrogen) atoms. The summed E-state index contributed by atoms with van der Waals surface area (Å²) in [6, 6.07) is 11.0. The number of aromatic amines is 1. The lowest BCUT2D eigenvalue weighted by Crippen LogP contribution is -2.39. The molecule has 3 aromatic rings. The Morgan fingerprint density at radius 2 is 2.00 bits per heavy atom. The maximum absolute atomic E-state index is 5.86. The monoisotopic (exact) mass is 378 g/mol. The van der Waals surface area contributed by atoms with E-state index >= 15 is 0 Å². The molecule has 1 atom stereocenters. The molecule has 0 bridgehead atoms. The highest BCUT2D eigenvalue weighted by atomic mass is 16.5. The molecule has 3 heterocycles. The van der Waals surface area contributed by atoms with E-state index in [9.17, 15) is 0 Å². The standard InChI is InChI=1S/C23H26N2O3/c1-4-28-23-12-16-14(9-22(23)27-3)7-8-25-13-20-18(11-21(16)25)17-10-15(26-2)5-6-19(17)24-20/h5-6,9-10,12,21,24H,4,7-8,11,13H2,1-3H3. The van der Waals surface area contributed by atoms with Gasteiger partial charge in [0.1, 0.15) is 5.75 Å². The van der Waals surface area contributed by atoms with Crippen LogP contribution in [-0.2, 0) is 19.4 Å². The number of H-pyrrole nitrogens is 1. The first kappa shape index (κ1) is 17.4. The number of methoxy groups -OCH3 is 2. The summed E-state index contributed by atoms with van der Waals surface area (Å²) >= 11 is 0. The molecule has 2 aliphatic rings. The van der Waals surface area contributed by atoms with E-state index in [4.69, 9.17) is 14.2 Å². The van der Waals surface area contributed by atoms with Crippen molar-refractivity contribution in [3.8, 4) is 17.2 Å². The predicted molar refractivity (Wildman–Crippen MR) is 110 cm³/mol. The van der Waals surface area contributed by atoms with Crippen LogP contribution in [0.25, 0.3) is 10.9 Å². The molecule has 5 nitrogen and oxygen atoms in total. The summed E-state index contributed by atoms with van der Waals surface area (Å²) < 4.78 is 16.9. The van der Waals surface area contributed by atoms with Gasteiger partial charge < -0.3 is 19.2 Å². The van der Waals surface area contributed by atoms with Crippen molar-refractivity contribution in [1.82, 2.24) is 9.88 Å². The number of benzene rings is 2. The highest BCUT2D eigenvalue weighted by Gasteiger charge is 2.34. The van der Waals surface area contributed by atoms with E-state index in [-0.39, 0.29) is 0 Å². The van der Waals surface area contributed by atoms with Gasteiger partial charge >= 0.3 is 0 Å². The molecule has 2 aromatic carbocycles. The Labute approximate surface area is 165 Å². The molecule has 1 aromatic heterocycles. The van der Waals surface area contributed by atoms with E-state index in [0.717, 1.165) is 43.2 Å². The molecule has 1 N–H and O–H groups in total.